The Balaban J connectivity index is 2.25. The normalized spacial score (nSPS) is 10.6. The molecule has 0 fully saturated rings. The Morgan fingerprint density at radius 2 is 1.11 bits per heavy atom. The quantitative estimate of drug-likeness (QED) is 0.850. The van der Waals surface area contributed by atoms with Gasteiger partial charge in [0, 0.05) is 9.79 Å². The minimum absolute atomic E-state index is 0.683. The van der Waals surface area contributed by atoms with Crippen LogP contribution in [0, 0.1) is 0 Å². The highest BCUT2D eigenvalue weighted by Gasteiger charge is 2.06. The van der Waals surface area contributed by atoms with Gasteiger partial charge in [0.25, 0.3) is 0 Å². The van der Waals surface area contributed by atoms with Crippen LogP contribution in [-0.2, 0) is 12.8 Å². The lowest BCUT2D eigenvalue weighted by atomic mass is 10.1. The average molecular weight is 272 g/mol. The molecule has 0 unspecified atom stereocenters. The second kappa shape index (κ2) is 7.34. The zero-order valence-corrected chi connectivity index (χ0v) is 11.8. The molecule has 2 rings (SSSR count). The van der Waals surface area contributed by atoms with E-state index >= 15 is 0 Å². The topological polar surface area (TPSA) is 52.0 Å². The zero-order chi connectivity index (χ0) is 13.5. The first-order chi connectivity index (χ1) is 9.35. The molecule has 0 aliphatic rings. The Morgan fingerprint density at radius 3 is 1.53 bits per heavy atom. The van der Waals surface area contributed by atoms with Crippen LogP contribution < -0.4 is 11.5 Å². The summed E-state index contributed by atoms with van der Waals surface area (Å²) >= 11 is 1.81. The predicted molar refractivity (Wildman–Crippen MR) is 82.5 cm³/mol. The van der Waals surface area contributed by atoms with Gasteiger partial charge < -0.3 is 11.5 Å². The largest absolute Gasteiger partial charge is 0.330 e. The number of rotatable bonds is 6. The second-order valence-corrected chi connectivity index (χ2v) is 5.48. The molecule has 0 heterocycles. The fraction of sp³-hybridized carbons (Fsp3) is 0.250. The summed E-state index contributed by atoms with van der Waals surface area (Å²) in [6, 6.07) is 16.9. The van der Waals surface area contributed by atoms with E-state index in [1.54, 1.807) is 0 Å². The van der Waals surface area contributed by atoms with E-state index in [0.717, 1.165) is 12.8 Å². The molecule has 0 aliphatic heterocycles. The summed E-state index contributed by atoms with van der Waals surface area (Å²) in [5, 5.41) is 0. The molecule has 3 heteroatoms. The minimum atomic E-state index is 0.683. The standard InChI is InChI=1S/C16H20N2S/c17-11-9-13-5-1-3-7-15(13)19-16-8-4-2-6-14(16)10-12-18/h1-8H,9-12,17-18H2. The van der Waals surface area contributed by atoms with Gasteiger partial charge in [-0.1, -0.05) is 48.2 Å². The lowest BCUT2D eigenvalue weighted by molar-refractivity contribution is 0.937. The third-order valence-electron chi connectivity index (χ3n) is 2.99. The number of hydrogen-bond donors (Lipinski definition) is 2. The molecule has 2 nitrogen and oxygen atoms in total. The van der Waals surface area contributed by atoms with Gasteiger partial charge in [0.05, 0.1) is 0 Å². The maximum absolute atomic E-state index is 5.67. The van der Waals surface area contributed by atoms with Crippen molar-refractivity contribution >= 4 is 11.8 Å². The SMILES string of the molecule is NCCc1ccccc1Sc1ccccc1CCN. The Bertz CT molecular complexity index is 478. The molecule has 0 bridgehead atoms. The van der Waals surface area contributed by atoms with E-state index in [9.17, 15) is 0 Å². The van der Waals surface area contributed by atoms with Crippen molar-refractivity contribution in [1.82, 2.24) is 0 Å². The summed E-state index contributed by atoms with van der Waals surface area (Å²) in [4.78, 5) is 2.58. The molecule has 2 aromatic carbocycles. The Kier molecular flexibility index (Phi) is 5.45. The monoisotopic (exact) mass is 272 g/mol. The van der Waals surface area contributed by atoms with Crippen LogP contribution in [0.4, 0.5) is 0 Å². The second-order valence-electron chi connectivity index (χ2n) is 4.39. The average Bonchev–Trinajstić information content (AvgIpc) is 2.44. The van der Waals surface area contributed by atoms with E-state index in [-0.39, 0.29) is 0 Å². The Hall–Kier alpha value is -1.29. The van der Waals surface area contributed by atoms with Gasteiger partial charge in [-0.2, -0.15) is 0 Å². The molecule has 0 aliphatic carbocycles. The molecule has 0 radical (unpaired) electrons. The summed E-state index contributed by atoms with van der Waals surface area (Å²) < 4.78 is 0. The highest BCUT2D eigenvalue weighted by molar-refractivity contribution is 7.99. The van der Waals surface area contributed by atoms with Gasteiger partial charge in [0.15, 0.2) is 0 Å². The van der Waals surface area contributed by atoms with Crippen LogP contribution in [0.3, 0.4) is 0 Å². The smallest absolute Gasteiger partial charge is 0.0154 e. The van der Waals surface area contributed by atoms with Gasteiger partial charge >= 0.3 is 0 Å². The van der Waals surface area contributed by atoms with Gasteiger partial charge in [0.2, 0.25) is 0 Å². The van der Waals surface area contributed by atoms with Gasteiger partial charge in [-0.05, 0) is 49.2 Å². The van der Waals surface area contributed by atoms with E-state index < -0.39 is 0 Å². The molecular weight excluding hydrogens is 252 g/mol. The van der Waals surface area contributed by atoms with Crippen LogP contribution in [0.1, 0.15) is 11.1 Å². The first kappa shape index (κ1) is 14.1. The molecule has 0 aromatic heterocycles. The summed E-state index contributed by atoms with van der Waals surface area (Å²) in [7, 11) is 0. The van der Waals surface area contributed by atoms with Crippen molar-refractivity contribution in [3.8, 4) is 0 Å². The maximum atomic E-state index is 5.67. The van der Waals surface area contributed by atoms with Crippen molar-refractivity contribution in [2.24, 2.45) is 11.5 Å². The Labute approximate surface area is 119 Å². The van der Waals surface area contributed by atoms with E-state index in [1.807, 2.05) is 11.8 Å². The maximum Gasteiger partial charge on any atom is 0.0154 e. The van der Waals surface area contributed by atoms with Crippen LogP contribution in [0.2, 0.25) is 0 Å². The van der Waals surface area contributed by atoms with Crippen LogP contribution in [0.15, 0.2) is 58.3 Å². The predicted octanol–water partition coefficient (Wildman–Crippen LogP) is 2.84. The lowest BCUT2D eigenvalue weighted by Gasteiger charge is -2.11. The molecule has 0 spiro atoms. The molecule has 19 heavy (non-hydrogen) atoms. The molecular formula is C16H20N2S. The summed E-state index contributed by atoms with van der Waals surface area (Å²) in [6.45, 7) is 1.37. The molecule has 2 aromatic rings. The molecule has 0 amide bonds. The molecule has 0 saturated carbocycles. The zero-order valence-electron chi connectivity index (χ0n) is 11.0. The van der Waals surface area contributed by atoms with Crippen LogP contribution in [0.25, 0.3) is 0 Å². The summed E-state index contributed by atoms with van der Waals surface area (Å²) in [5.41, 5.74) is 14.0. The van der Waals surface area contributed by atoms with Crippen LogP contribution >= 0.6 is 11.8 Å². The number of hydrogen-bond acceptors (Lipinski definition) is 3. The van der Waals surface area contributed by atoms with Gasteiger partial charge in [-0.15, -0.1) is 0 Å². The molecule has 100 valence electrons. The van der Waals surface area contributed by atoms with Crippen LogP contribution in [-0.4, -0.2) is 13.1 Å². The molecule has 0 saturated heterocycles. The lowest BCUT2D eigenvalue weighted by Crippen LogP contribution is -2.04. The fourth-order valence-corrected chi connectivity index (χ4v) is 3.18. The highest BCUT2D eigenvalue weighted by Crippen LogP contribution is 2.33. The van der Waals surface area contributed by atoms with Crippen molar-refractivity contribution in [1.29, 1.82) is 0 Å². The number of nitrogens with two attached hydrogens (primary N) is 2. The third kappa shape index (κ3) is 3.83. The summed E-state index contributed by atoms with van der Waals surface area (Å²) in [5.74, 6) is 0. The van der Waals surface area contributed by atoms with Crippen molar-refractivity contribution in [2.45, 2.75) is 22.6 Å². The first-order valence-electron chi connectivity index (χ1n) is 6.59. The van der Waals surface area contributed by atoms with E-state index in [1.165, 1.54) is 20.9 Å². The first-order valence-corrected chi connectivity index (χ1v) is 7.40. The van der Waals surface area contributed by atoms with Crippen molar-refractivity contribution < 1.29 is 0 Å². The van der Waals surface area contributed by atoms with E-state index in [2.05, 4.69) is 48.5 Å². The van der Waals surface area contributed by atoms with Gasteiger partial charge in [-0.3, -0.25) is 0 Å². The van der Waals surface area contributed by atoms with Crippen molar-refractivity contribution in [3.63, 3.8) is 0 Å². The third-order valence-corrected chi connectivity index (χ3v) is 4.23. The number of benzene rings is 2. The van der Waals surface area contributed by atoms with E-state index in [4.69, 9.17) is 11.5 Å². The van der Waals surface area contributed by atoms with Crippen LogP contribution in [0.5, 0.6) is 0 Å². The van der Waals surface area contributed by atoms with Gasteiger partial charge in [-0.25, -0.2) is 0 Å². The minimum Gasteiger partial charge on any atom is -0.330 e. The van der Waals surface area contributed by atoms with Crippen molar-refractivity contribution in [2.75, 3.05) is 13.1 Å². The molecule has 0 atom stereocenters. The fourth-order valence-electron chi connectivity index (χ4n) is 2.05. The summed E-state index contributed by atoms with van der Waals surface area (Å²) in [6.07, 6.45) is 1.84. The van der Waals surface area contributed by atoms with Crippen molar-refractivity contribution in [3.05, 3.63) is 59.7 Å². The Morgan fingerprint density at radius 1 is 0.684 bits per heavy atom. The van der Waals surface area contributed by atoms with E-state index in [0.29, 0.717) is 13.1 Å². The van der Waals surface area contributed by atoms with Gasteiger partial charge in [0.1, 0.15) is 0 Å². The molecule has 4 N–H and O–H groups in total. The highest BCUT2D eigenvalue weighted by atomic mass is 32.2.